The van der Waals surface area contributed by atoms with E-state index in [0.29, 0.717) is 18.8 Å². The van der Waals surface area contributed by atoms with Crippen molar-refractivity contribution < 1.29 is 9.90 Å². The Bertz CT molecular complexity index is 736. The summed E-state index contributed by atoms with van der Waals surface area (Å²) in [5, 5.41) is 9.17. The molecule has 24 heavy (non-hydrogen) atoms. The molecule has 0 spiro atoms. The van der Waals surface area contributed by atoms with Crippen LogP contribution < -0.4 is 4.90 Å². The van der Waals surface area contributed by atoms with E-state index in [1.165, 1.54) is 12.8 Å². The number of rotatable bonds is 4. The molecule has 0 radical (unpaired) electrons. The molecule has 1 aromatic carbocycles. The van der Waals surface area contributed by atoms with Gasteiger partial charge < -0.3 is 10.0 Å². The summed E-state index contributed by atoms with van der Waals surface area (Å²) in [5.41, 5.74) is 2.06. The minimum absolute atomic E-state index is 0.223. The molecular weight excluding hydrogens is 302 g/mol. The second-order valence-electron chi connectivity index (χ2n) is 6.71. The van der Waals surface area contributed by atoms with Crippen molar-refractivity contribution >= 4 is 11.8 Å². The Labute approximate surface area is 141 Å². The highest BCUT2D eigenvalue weighted by Crippen LogP contribution is 2.39. The summed E-state index contributed by atoms with van der Waals surface area (Å²) in [7, 11) is 0. The van der Waals surface area contributed by atoms with Crippen molar-refractivity contribution in [3.8, 4) is 11.3 Å². The quantitative estimate of drug-likeness (QED) is 0.935. The van der Waals surface area contributed by atoms with E-state index in [9.17, 15) is 4.79 Å². The van der Waals surface area contributed by atoms with Crippen LogP contribution in [0.3, 0.4) is 0 Å². The van der Waals surface area contributed by atoms with Gasteiger partial charge in [-0.25, -0.2) is 9.97 Å². The van der Waals surface area contributed by atoms with Gasteiger partial charge in [-0.05, 0) is 25.7 Å². The first-order chi connectivity index (χ1) is 11.7. The van der Waals surface area contributed by atoms with Crippen molar-refractivity contribution in [3.05, 3.63) is 42.2 Å². The minimum Gasteiger partial charge on any atom is -0.481 e. The molecule has 5 nitrogen and oxygen atoms in total. The zero-order valence-electron chi connectivity index (χ0n) is 13.6. The fraction of sp³-hybridized carbons (Fsp3) is 0.421. The molecule has 4 rings (SSSR count). The minimum atomic E-state index is -0.680. The SMILES string of the molecule is O=C(O)C1CCN(c2cc(-c3ccccc3)nc(C3CC3)n2)CC1. The van der Waals surface area contributed by atoms with Crippen LogP contribution in [0.1, 0.15) is 37.4 Å². The molecule has 2 heterocycles. The Hall–Kier alpha value is -2.43. The first-order valence-corrected chi connectivity index (χ1v) is 8.63. The highest BCUT2D eigenvalue weighted by atomic mass is 16.4. The first kappa shape index (κ1) is 15.1. The molecule has 0 amide bonds. The molecule has 1 saturated heterocycles. The van der Waals surface area contributed by atoms with Crippen LogP contribution in [0.15, 0.2) is 36.4 Å². The number of benzene rings is 1. The summed E-state index contributed by atoms with van der Waals surface area (Å²) in [5.74, 6) is 1.46. The van der Waals surface area contributed by atoms with Gasteiger partial charge in [0.05, 0.1) is 11.6 Å². The molecule has 2 fully saturated rings. The maximum absolute atomic E-state index is 11.1. The van der Waals surface area contributed by atoms with Gasteiger partial charge in [-0.1, -0.05) is 30.3 Å². The lowest BCUT2D eigenvalue weighted by Crippen LogP contribution is -2.37. The van der Waals surface area contributed by atoms with E-state index in [1.807, 2.05) is 24.3 Å². The maximum atomic E-state index is 11.1. The Morgan fingerprint density at radius 1 is 1.04 bits per heavy atom. The van der Waals surface area contributed by atoms with Crippen LogP contribution in [-0.4, -0.2) is 34.1 Å². The summed E-state index contributed by atoms with van der Waals surface area (Å²) >= 11 is 0. The van der Waals surface area contributed by atoms with Gasteiger partial charge in [0.2, 0.25) is 0 Å². The molecule has 0 unspecified atom stereocenters. The summed E-state index contributed by atoms with van der Waals surface area (Å²) in [6.45, 7) is 1.48. The molecule has 5 heteroatoms. The second-order valence-corrected chi connectivity index (χ2v) is 6.71. The van der Waals surface area contributed by atoms with Gasteiger partial charge in [0.25, 0.3) is 0 Å². The predicted molar refractivity (Wildman–Crippen MR) is 92.0 cm³/mol. The lowest BCUT2D eigenvalue weighted by molar-refractivity contribution is -0.142. The van der Waals surface area contributed by atoms with E-state index in [1.54, 1.807) is 0 Å². The summed E-state index contributed by atoms with van der Waals surface area (Å²) in [6.07, 6.45) is 3.69. The molecule has 2 aromatic rings. The van der Waals surface area contributed by atoms with Gasteiger partial charge in [-0.2, -0.15) is 0 Å². The van der Waals surface area contributed by atoms with Gasteiger partial charge in [-0.15, -0.1) is 0 Å². The number of hydrogen-bond acceptors (Lipinski definition) is 4. The van der Waals surface area contributed by atoms with Crippen LogP contribution in [0.5, 0.6) is 0 Å². The van der Waals surface area contributed by atoms with Crippen molar-refractivity contribution in [1.82, 2.24) is 9.97 Å². The third kappa shape index (κ3) is 3.11. The normalized spacial score (nSPS) is 18.6. The predicted octanol–water partition coefficient (Wildman–Crippen LogP) is 3.32. The van der Waals surface area contributed by atoms with Crippen molar-refractivity contribution in [1.29, 1.82) is 0 Å². The van der Waals surface area contributed by atoms with Gasteiger partial charge in [0.1, 0.15) is 11.6 Å². The lowest BCUT2D eigenvalue weighted by atomic mass is 9.97. The van der Waals surface area contributed by atoms with Crippen LogP contribution in [0.4, 0.5) is 5.82 Å². The van der Waals surface area contributed by atoms with E-state index in [-0.39, 0.29) is 5.92 Å². The van der Waals surface area contributed by atoms with E-state index in [2.05, 4.69) is 17.0 Å². The molecule has 1 saturated carbocycles. The summed E-state index contributed by atoms with van der Waals surface area (Å²) in [6, 6.07) is 12.2. The zero-order chi connectivity index (χ0) is 16.5. The lowest BCUT2D eigenvalue weighted by Gasteiger charge is -2.31. The van der Waals surface area contributed by atoms with Crippen LogP contribution in [-0.2, 0) is 4.79 Å². The van der Waals surface area contributed by atoms with E-state index in [0.717, 1.165) is 36.0 Å². The van der Waals surface area contributed by atoms with Crippen molar-refractivity contribution in [3.63, 3.8) is 0 Å². The highest BCUT2D eigenvalue weighted by Gasteiger charge is 2.30. The smallest absolute Gasteiger partial charge is 0.306 e. The van der Waals surface area contributed by atoms with Gasteiger partial charge in [-0.3, -0.25) is 4.79 Å². The highest BCUT2D eigenvalue weighted by molar-refractivity contribution is 5.70. The molecule has 1 aromatic heterocycles. The second kappa shape index (κ2) is 6.23. The van der Waals surface area contributed by atoms with Gasteiger partial charge in [0.15, 0.2) is 0 Å². The number of carboxylic acid groups (broad SMARTS) is 1. The number of nitrogens with zero attached hydrogens (tertiary/aromatic N) is 3. The van der Waals surface area contributed by atoms with Crippen molar-refractivity contribution in [2.75, 3.05) is 18.0 Å². The molecular formula is C19H21N3O2. The topological polar surface area (TPSA) is 66.3 Å². The van der Waals surface area contributed by atoms with Crippen LogP contribution in [0.2, 0.25) is 0 Å². The number of anilines is 1. The Morgan fingerprint density at radius 2 is 1.75 bits per heavy atom. The fourth-order valence-corrected chi connectivity index (χ4v) is 3.25. The maximum Gasteiger partial charge on any atom is 0.306 e. The number of piperidine rings is 1. The van der Waals surface area contributed by atoms with Crippen molar-refractivity contribution in [2.45, 2.75) is 31.6 Å². The monoisotopic (exact) mass is 323 g/mol. The third-order valence-electron chi connectivity index (χ3n) is 4.91. The Kier molecular flexibility index (Phi) is 3.92. The summed E-state index contributed by atoms with van der Waals surface area (Å²) in [4.78, 5) is 22.9. The number of aliphatic carboxylic acids is 1. The average Bonchev–Trinajstić information content (AvgIpc) is 3.47. The average molecular weight is 323 g/mol. The van der Waals surface area contributed by atoms with E-state index >= 15 is 0 Å². The molecule has 1 N–H and O–H groups in total. The number of hydrogen-bond donors (Lipinski definition) is 1. The molecule has 2 aliphatic rings. The fourth-order valence-electron chi connectivity index (χ4n) is 3.25. The molecule has 1 aliphatic carbocycles. The van der Waals surface area contributed by atoms with E-state index in [4.69, 9.17) is 15.1 Å². The Morgan fingerprint density at radius 3 is 2.38 bits per heavy atom. The van der Waals surface area contributed by atoms with Crippen LogP contribution >= 0.6 is 0 Å². The first-order valence-electron chi connectivity index (χ1n) is 8.63. The third-order valence-corrected chi connectivity index (χ3v) is 4.91. The van der Waals surface area contributed by atoms with Gasteiger partial charge in [0, 0.05) is 30.6 Å². The Balaban J connectivity index is 1.63. The standard InChI is InChI=1S/C19H21N3O2/c23-19(24)15-8-10-22(11-9-15)17-12-16(13-4-2-1-3-5-13)20-18(21-17)14-6-7-14/h1-5,12,14-15H,6-11H2,(H,23,24). The number of carbonyl (C=O) groups is 1. The molecule has 124 valence electrons. The van der Waals surface area contributed by atoms with Gasteiger partial charge >= 0.3 is 5.97 Å². The number of carboxylic acids is 1. The molecule has 0 bridgehead atoms. The number of aromatic nitrogens is 2. The zero-order valence-corrected chi connectivity index (χ0v) is 13.6. The van der Waals surface area contributed by atoms with E-state index < -0.39 is 5.97 Å². The van der Waals surface area contributed by atoms with Crippen LogP contribution in [0, 0.1) is 5.92 Å². The largest absolute Gasteiger partial charge is 0.481 e. The summed E-state index contributed by atoms with van der Waals surface area (Å²) < 4.78 is 0. The molecule has 0 atom stereocenters. The van der Waals surface area contributed by atoms with Crippen molar-refractivity contribution in [2.24, 2.45) is 5.92 Å². The molecule has 1 aliphatic heterocycles. The van der Waals surface area contributed by atoms with Crippen LogP contribution in [0.25, 0.3) is 11.3 Å².